The summed E-state index contributed by atoms with van der Waals surface area (Å²) in [6.45, 7) is 0.678. The van der Waals surface area contributed by atoms with E-state index in [1.807, 2.05) is 0 Å². The Morgan fingerprint density at radius 3 is 2.31 bits per heavy atom. The summed E-state index contributed by atoms with van der Waals surface area (Å²) < 4.78 is 11.1. The Kier molecular flexibility index (Phi) is 7.34. The number of aliphatic hydroxyl groups excluding tert-OH is 2. The molecule has 1 aliphatic carbocycles. The molecule has 1 heterocycles. The molecule has 2 aliphatic rings. The minimum Gasteiger partial charge on any atom is -0.393 e. The zero-order valence-corrected chi connectivity index (χ0v) is 14.3. The number of hydrogen-bond acceptors (Lipinski definition) is 4. The Morgan fingerprint density at radius 1 is 1.00 bits per heavy atom. The average Bonchev–Trinajstić information content (AvgIpc) is 2.25. The van der Waals surface area contributed by atoms with Gasteiger partial charge in [-0.3, -0.25) is 0 Å². The molecule has 1 aliphatic heterocycles. The number of ether oxygens (including phenoxy) is 2. The predicted molar refractivity (Wildman–Crippen MR) is 54.3 cm³/mol. The molecule has 5 heteroatoms. The molecule has 2 atom stereocenters. The Morgan fingerprint density at radius 2 is 1.69 bits per heavy atom. The van der Waals surface area contributed by atoms with Crippen molar-refractivity contribution in [3.8, 4) is 0 Å². The molecule has 91 valence electrons. The molecule has 0 bridgehead atoms. The van der Waals surface area contributed by atoms with Gasteiger partial charge in [-0.25, -0.2) is 0 Å². The molecule has 16 heavy (non-hydrogen) atoms. The summed E-state index contributed by atoms with van der Waals surface area (Å²) in [5, 5.41) is 19.0. The molecule has 2 N–H and O–H groups in total. The Labute approximate surface area is 132 Å². The van der Waals surface area contributed by atoms with Crippen LogP contribution in [-0.2, 0) is 9.47 Å². The van der Waals surface area contributed by atoms with Crippen molar-refractivity contribution >= 4 is 0 Å². The fraction of sp³-hybridized carbons (Fsp3) is 1.00. The number of hydrogen-bond donors (Lipinski definition) is 2. The minimum absolute atomic E-state index is 0. The summed E-state index contributed by atoms with van der Waals surface area (Å²) >= 11 is 0. The molecule has 0 amide bonds. The van der Waals surface area contributed by atoms with E-state index in [1.54, 1.807) is 0 Å². The van der Waals surface area contributed by atoms with Crippen LogP contribution >= 0.6 is 0 Å². The van der Waals surface area contributed by atoms with E-state index in [0.29, 0.717) is 6.61 Å². The molecule has 0 aromatic rings. The van der Waals surface area contributed by atoms with E-state index < -0.39 is 12.4 Å². The smallest absolute Gasteiger partial charge is 0.183 e. The van der Waals surface area contributed by atoms with Crippen LogP contribution in [0.15, 0.2) is 0 Å². The second kappa shape index (κ2) is 7.66. The average molecular weight is 443 g/mol. The monoisotopic (exact) mass is 443 g/mol. The van der Waals surface area contributed by atoms with Gasteiger partial charge in [-0.1, -0.05) is 0 Å². The van der Waals surface area contributed by atoms with Crippen molar-refractivity contribution in [1.29, 1.82) is 0 Å². The van der Waals surface area contributed by atoms with Gasteiger partial charge >= 0.3 is 0 Å². The van der Waals surface area contributed by atoms with Crippen molar-refractivity contribution in [1.82, 2.24) is 0 Å². The van der Waals surface area contributed by atoms with Crippen molar-refractivity contribution in [2.75, 3.05) is 6.61 Å². The van der Waals surface area contributed by atoms with Crippen LogP contribution in [0.3, 0.4) is 0 Å². The molecule has 2 rings (SSSR count). The first-order valence-electron chi connectivity index (χ1n) is 5.89. The maximum atomic E-state index is 9.65. The molecule has 1 saturated heterocycles. The minimum atomic E-state index is -0.481. The van der Waals surface area contributed by atoms with Gasteiger partial charge < -0.3 is 19.7 Å². The molecule has 2 fully saturated rings. The fourth-order valence-electron chi connectivity index (χ4n) is 2.24. The fourth-order valence-corrected chi connectivity index (χ4v) is 2.24. The summed E-state index contributed by atoms with van der Waals surface area (Å²) in [5.74, 6) is 0. The normalized spacial score (nSPS) is 40.1. The van der Waals surface area contributed by atoms with Crippen molar-refractivity contribution in [3.63, 3.8) is 0 Å². The third-order valence-corrected chi connectivity index (χ3v) is 3.21. The van der Waals surface area contributed by atoms with Gasteiger partial charge in [-0.15, -0.1) is 0 Å². The molecule has 2 unspecified atom stereocenters. The second-order valence-corrected chi connectivity index (χ2v) is 4.52. The summed E-state index contributed by atoms with van der Waals surface area (Å²) in [6.07, 6.45) is 4.06. The van der Waals surface area contributed by atoms with Crippen LogP contribution in [0, 0.1) is 44.1 Å². The van der Waals surface area contributed by atoms with Crippen LogP contribution in [0.2, 0.25) is 0 Å². The van der Waals surface area contributed by atoms with E-state index in [0.717, 1.165) is 38.5 Å². The van der Waals surface area contributed by atoms with Crippen molar-refractivity contribution < 1.29 is 63.7 Å². The number of aliphatic hydroxyl groups is 2. The standard InChI is InChI=1S/C11H20O4.Ac/c12-8-3-5-9(6-4-8)15-11-10(13)2-1-7-14-11;/h8-13H,1-7H2;. The molecule has 0 aromatic heterocycles. The van der Waals surface area contributed by atoms with Gasteiger partial charge in [0.1, 0.15) is 6.10 Å². The van der Waals surface area contributed by atoms with E-state index in [4.69, 9.17) is 9.47 Å². The largest absolute Gasteiger partial charge is 0.393 e. The Balaban J connectivity index is 0.00000128. The van der Waals surface area contributed by atoms with E-state index in [-0.39, 0.29) is 56.3 Å². The van der Waals surface area contributed by atoms with Gasteiger partial charge in [0.05, 0.1) is 12.2 Å². The maximum absolute atomic E-state index is 9.65. The Bertz CT molecular complexity index is 194. The van der Waals surface area contributed by atoms with Crippen LogP contribution in [0.5, 0.6) is 0 Å². The topological polar surface area (TPSA) is 58.9 Å². The number of rotatable bonds is 2. The van der Waals surface area contributed by atoms with Gasteiger partial charge in [0.15, 0.2) is 6.29 Å². The van der Waals surface area contributed by atoms with Gasteiger partial charge in [-0.2, -0.15) is 0 Å². The molecule has 1 saturated carbocycles. The van der Waals surface area contributed by atoms with Crippen molar-refractivity contribution in [3.05, 3.63) is 0 Å². The zero-order valence-electron chi connectivity index (χ0n) is 9.55. The van der Waals surface area contributed by atoms with E-state index in [2.05, 4.69) is 0 Å². The summed E-state index contributed by atoms with van der Waals surface area (Å²) in [4.78, 5) is 0. The molecular weight excluding hydrogens is 423 g/mol. The molecular formula is C11H20AcO4. The molecule has 4 nitrogen and oxygen atoms in total. The van der Waals surface area contributed by atoms with E-state index in [9.17, 15) is 10.2 Å². The molecule has 1 radical (unpaired) electrons. The quantitative estimate of drug-likeness (QED) is 0.664. The van der Waals surface area contributed by atoms with Gasteiger partial charge in [0.2, 0.25) is 0 Å². The van der Waals surface area contributed by atoms with Crippen LogP contribution in [0.25, 0.3) is 0 Å². The first-order chi connectivity index (χ1) is 7.25. The van der Waals surface area contributed by atoms with E-state index in [1.165, 1.54) is 0 Å². The van der Waals surface area contributed by atoms with Gasteiger partial charge in [0, 0.05) is 50.7 Å². The molecule has 0 aromatic carbocycles. The van der Waals surface area contributed by atoms with Crippen molar-refractivity contribution in [2.45, 2.75) is 63.1 Å². The summed E-state index contributed by atoms with van der Waals surface area (Å²) in [6, 6.07) is 0. The third-order valence-electron chi connectivity index (χ3n) is 3.21. The predicted octanol–water partition coefficient (Wildman–Crippen LogP) is 0.804. The third kappa shape index (κ3) is 4.51. The van der Waals surface area contributed by atoms with Crippen molar-refractivity contribution in [2.24, 2.45) is 0 Å². The van der Waals surface area contributed by atoms with Gasteiger partial charge in [0.25, 0.3) is 0 Å². The SMILES string of the molecule is OC1CCC(OC2OCCCC2O)CC1.[Ac]. The first kappa shape index (κ1) is 15.3. The zero-order chi connectivity index (χ0) is 10.7. The van der Waals surface area contributed by atoms with Crippen LogP contribution in [0.1, 0.15) is 38.5 Å². The second-order valence-electron chi connectivity index (χ2n) is 4.52. The van der Waals surface area contributed by atoms with Crippen LogP contribution < -0.4 is 0 Å². The van der Waals surface area contributed by atoms with Crippen LogP contribution in [-0.4, -0.2) is 41.4 Å². The summed E-state index contributed by atoms with van der Waals surface area (Å²) in [7, 11) is 0. The summed E-state index contributed by atoms with van der Waals surface area (Å²) in [5.41, 5.74) is 0. The Hall–Kier alpha value is 1.28. The maximum Gasteiger partial charge on any atom is 0.183 e. The molecule has 0 spiro atoms. The van der Waals surface area contributed by atoms with E-state index >= 15 is 0 Å². The van der Waals surface area contributed by atoms with Crippen LogP contribution in [0.4, 0.5) is 0 Å². The first-order valence-corrected chi connectivity index (χ1v) is 5.89. The van der Waals surface area contributed by atoms with Gasteiger partial charge in [-0.05, 0) is 38.5 Å².